The van der Waals surface area contributed by atoms with E-state index in [1.165, 1.54) is 23.5 Å². The van der Waals surface area contributed by atoms with Crippen molar-refractivity contribution in [3.8, 4) is 0 Å². The maximum absolute atomic E-state index is 12.2. The van der Waals surface area contributed by atoms with E-state index in [0.717, 1.165) is 0 Å². The molecule has 8 heteroatoms. The molecule has 0 aliphatic heterocycles. The van der Waals surface area contributed by atoms with Crippen LogP contribution < -0.4 is 10.5 Å². The van der Waals surface area contributed by atoms with Gasteiger partial charge in [-0.2, -0.15) is 0 Å². The topological polar surface area (TPSA) is 85.1 Å². The molecule has 2 aromatic rings. The van der Waals surface area contributed by atoms with E-state index >= 15 is 0 Å². The summed E-state index contributed by atoms with van der Waals surface area (Å²) in [5, 5.41) is 2.83. The zero-order chi connectivity index (χ0) is 14.0. The van der Waals surface area contributed by atoms with E-state index in [0.29, 0.717) is 15.6 Å². The van der Waals surface area contributed by atoms with E-state index in [2.05, 4.69) is 9.71 Å². The lowest BCUT2D eigenvalue weighted by Gasteiger charge is -2.10. The molecule has 0 aliphatic carbocycles. The molecule has 19 heavy (non-hydrogen) atoms. The second-order valence-electron chi connectivity index (χ2n) is 3.89. The lowest BCUT2D eigenvalue weighted by atomic mass is 10.2. The van der Waals surface area contributed by atoms with Crippen molar-refractivity contribution < 1.29 is 8.42 Å². The van der Waals surface area contributed by atoms with Crippen molar-refractivity contribution >= 4 is 38.6 Å². The first-order valence-corrected chi connectivity index (χ1v) is 8.08. The third-order valence-corrected chi connectivity index (χ3v) is 5.13. The number of nitrogens with two attached hydrogens (primary N) is 1. The number of hydrogen-bond acceptors (Lipinski definition) is 5. The second kappa shape index (κ2) is 5.46. The highest BCUT2D eigenvalue weighted by Crippen LogP contribution is 2.26. The van der Waals surface area contributed by atoms with Gasteiger partial charge in [-0.25, -0.2) is 18.1 Å². The van der Waals surface area contributed by atoms with Crippen LogP contribution in [-0.2, 0) is 16.6 Å². The Morgan fingerprint density at radius 2 is 2.21 bits per heavy atom. The number of hydrogen-bond donors (Lipinski definition) is 2. The summed E-state index contributed by atoms with van der Waals surface area (Å²) in [5.41, 5.74) is 6.43. The normalized spacial score (nSPS) is 11.7. The Morgan fingerprint density at radius 3 is 2.84 bits per heavy atom. The number of nitrogens with one attached hydrogen (secondary N) is 1. The van der Waals surface area contributed by atoms with Gasteiger partial charge < -0.3 is 5.73 Å². The molecule has 0 amide bonds. The minimum Gasteiger partial charge on any atom is -0.397 e. The average Bonchev–Trinajstić information content (AvgIpc) is 2.84. The van der Waals surface area contributed by atoms with Gasteiger partial charge in [0.05, 0.1) is 22.2 Å². The maximum atomic E-state index is 12.2. The van der Waals surface area contributed by atoms with Gasteiger partial charge in [0.15, 0.2) is 0 Å². The van der Waals surface area contributed by atoms with Gasteiger partial charge in [0.2, 0.25) is 10.0 Å². The van der Waals surface area contributed by atoms with Crippen LogP contribution >= 0.6 is 22.9 Å². The van der Waals surface area contributed by atoms with Crippen molar-refractivity contribution in [2.45, 2.75) is 18.4 Å². The highest BCUT2D eigenvalue weighted by Gasteiger charge is 2.18. The van der Waals surface area contributed by atoms with Gasteiger partial charge in [-0.05, 0) is 24.6 Å². The summed E-state index contributed by atoms with van der Waals surface area (Å²) < 4.78 is 26.8. The number of benzene rings is 1. The minimum absolute atomic E-state index is 0.131. The third-order valence-electron chi connectivity index (χ3n) is 2.48. The first-order chi connectivity index (χ1) is 8.90. The molecule has 0 aliphatic rings. The lowest BCUT2D eigenvalue weighted by molar-refractivity contribution is 0.580. The number of nitrogen functional groups attached to an aromatic ring is 1. The minimum atomic E-state index is -3.63. The zero-order valence-corrected chi connectivity index (χ0v) is 12.4. The molecule has 0 saturated carbocycles. The van der Waals surface area contributed by atoms with E-state index in [1.807, 2.05) is 0 Å². The van der Waals surface area contributed by atoms with Gasteiger partial charge >= 0.3 is 0 Å². The zero-order valence-electron chi connectivity index (χ0n) is 10.1. The molecule has 0 radical (unpaired) electrons. The molecule has 0 bridgehead atoms. The number of rotatable bonds is 4. The highest BCUT2D eigenvalue weighted by molar-refractivity contribution is 7.89. The fourth-order valence-electron chi connectivity index (χ4n) is 1.53. The Morgan fingerprint density at radius 1 is 1.47 bits per heavy atom. The summed E-state index contributed by atoms with van der Waals surface area (Å²) >= 11 is 7.23. The van der Waals surface area contributed by atoms with Crippen LogP contribution in [0.25, 0.3) is 0 Å². The quantitative estimate of drug-likeness (QED) is 0.846. The van der Waals surface area contributed by atoms with Crippen LogP contribution in [-0.4, -0.2) is 13.4 Å². The van der Waals surface area contributed by atoms with Crippen molar-refractivity contribution in [1.82, 2.24) is 9.71 Å². The molecule has 0 atom stereocenters. The fraction of sp³-hybridized carbons (Fsp3) is 0.182. The van der Waals surface area contributed by atoms with Crippen LogP contribution in [0.2, 0.25) is 5.02 Å². The highest BCUT2D eigenvalue weighted by atomic mass is 35.5. The van der Waals surface area contributed by atoms with Gasteiger partial charge in [0.25, 0.3) is 0 Å². The molecule has 5 nitrogen and oxygen atoms in total. The molecule has 3 N–H and O–H groups in total. The summed E-state index contributed by atoms with van der Waals surface area (Å²) in [5.74, 6) is 0. The summed E-state index contributed by atoms with van der Waals surface area (Å²) in [4.78, 5) is 4.14. The average molecular weight is 318 g/mol. The first kappa shape index (κ1) is 14.3. The Balaban J connectivity index is 2.27. The molecule has 2 rings (SSSR count). The largest absolute Gasteiger partial charge is 0.397 e. The van der Waals surface area contributed by atoms with Gasteiger partial charge in [-0.1, -0.05) is 11.6 Å². The predicted octanol–water partition coefficient (Wildman–Crippen LogP) is 2.17. The summed E-state index contributed by atoms with van der Waals surface area (Å²) in [7, 11) is -3.63. The number of nitrogens with zero attached hydrogens (tertiary/aromatic N) is 1. The molecule has 102 valence electrons. The van der Waals surface area contributed by atoms with Crippen molar-refractivity contribution in [2.75, 3.05) is 5.73 Å². The van der Waals surface area contributed by atoms with Crippen LogP contribution in [0, 0.1) is 6.92 Å². The third kappa shape index (κ3) is 3.24. The number of halogens is 1. The molecule has 1 aromatic heterocycles. The monoisotopic (exact) mass is 317 g/mol. The Hall–Kier alpha value is -1.15. The van der Waals surface area contributed by atoms with E-state index in [4.69, 9.17) is 17.3 Å². The van der Waals surface area contributed by atoms with Crippen LogP contribution in [0.3, 0.4) is 0 Å². The number of aryl methyl sites for hydroxylation is 1. The van der Waals surface area contributed by atoms with E-state index < -0.39 is 10.0 Å². The van der Waals surface area contributed by atoms with E-state index in [-0.39, 0.29) is 17.1 Å². The van der Waals surface area contributed by atoms with E-state index in [1.54, 1.807) is 18.5 Å². The van der Waals surface area contributed by atoms with Crippen molar-refractivity contribution in [3.05, 3.63) is 39.3 Å². The van der Waals surface area contributed by atoms with Crippen molar-refractivity contribution in [2.24, 2.45) is 0 Å². The van der Waals surface area contributed by atoms with Gasteiger partial charge in [-0.15, -0.1) is 11.3 Å². The second-order valence-corrected chi connectivity index (χ2v) is 7.01. The molecule has 0 fully saturated rings. The number of anilines is 1. The van der Waals surface area contributed by atoms with Gasteiger partial charge in [-0.3, -0.25) is 0 Å². The SMILES string of the molecule is Cc1cc(Cl)c(N)cc1S(=O)(=O)NCc1nccs1. The smallest absolute Gasteiger partial charge is 0.241 e. The van der Waals surface area contributed by atoms with E-state index in [9.17, 15) is 8.42 Å². The Bertz CT molecular complexity index is 684. The van der Waals surface area contributed by atoms with Crippen molar-refractivity contribution in [3.63, 3.8) is 0 Å². The molecule has 1 aromatic carbocycles. The lowest BCUT2D eigenvalue weighted by Crippen LogP contribution is -2.24. The maximum Gasteiger partial charge on any atom is 0.241 e. The molecule has 1 heterocycles. The number of thiazole rings is 1. The van der Waals surface area contributed by atoms with Crippen LogP contribution in [0.4, 0.5) is 5.69 Å². The molecular formula is C11H12ClN3O2S2. The van der Waals surface area contributed by atoms with Crippen molar-refractivity contribution in [1.29, 1.82) is 0 Å². The predicted molar refractivity (Wildman–Crippen MR) is 76.7 cm³/mol. The van der Waals surface area contributed by atoms with Crippen LogP contribution in [0.15, 0.2) is 28.6 Å². The summed E-state index contributed by atoms with van der Waals surface area (Å²) in [6, 6.07) is 2.90. The fourth-order valence-corrected chi connectivity index (χ4v) is 3.65. The molecule has 0 unspecified atom stereocenters. The Kier molecular flexibility index (Phi) is 4.10. The van der Waals surface area contributed by atoms with Crippen LogP contribution in [0.5, 0.6) is 0 Å². The summed E-state index contributed by atoms with van der Waals surface area (Å²) in [6.45, 7) is 1.82. The summed E-state index contributed by atoms with van der Waals surface area (Å²) in [6.07, 6.45) is 1.62. The Labute approximate surface area is 120 Å². The van der Waals surface area contributed by atoms with Gasteiger partial charge in [0.1, 0.15) is 5.01 Å². The molecular weight excluding hydrogens is 306 g/mol. The molecule has 0 saturated heterocycles. The standard InChI is InChI=1S/C11H12ClN3O2S2/c1-7-4-8(12)9(13)5-10(7)19(16,17)15-6-11-14-2-3-18-11/h2-5,15H,6,13H2,1H3. The number of aromatic nitrogens is 1. The van der Waals surface area contributed by atoms with Crippen LogP contribution in [0.1, 0.15) is 10.6 Å². The first-order valence-electron chi connectivity index (χ1n) is 5.34. The number of sulfonamides is 1. The van der Waals surface area contributed by atoms with Gasteiger partial charge in [0, 0.05) is 11.6 Å². The molecule has 0 spiro atoms.